The van der Waals surface area contributed by atoms with E-state index in [1.165, 1.54) is 0 Å². The van der Waals surface area contributed by atoms with E-state index in [2.05, 4.69) is 20.8 Å². The molecular formula is C10H18ClF. The molecule has 0 nitrogen and oxygen atoms in total. The molecule has 1 fully saturated rings. The van der Waals surface area contributed by atoms with Gasteiger partial charge in [0.25, 0.3) is 0 Å². The van der Waals surface area contributed by atoms with Gasteiger partial charge in [-0.05, 0) is 30.6 Å². The molecule has 0 bridgehead atoms. The van der Waals surface area contributed by atoms with Gasteiger partial charge >= 0.3 is 0 Å². The molecule has 3 atom stereocenters. The highest BCUT2D eigenvalue weighted by Crippen LogP contribution is 2.41. The van der Waals surface area contributed by atoms with Crippen LogP contribution in [-0.2, 0) is 0 Å². The largest absolute Gasteiger partial charge is 0.247 e. The summed E-state index contributed by atoms with van der Waals surface area (Å²) in [5.74, 6) is 0.478. The van der Waals surface area contributed by atoms with Crippen molar-refractivity contribution < 1.29 is 4.39 Å². The number of halogens is 2. The number of hydrogen-bond donors (Lipinski definition) is 0. The Morgan fingerprint density at radius 2 is 1.83 bits per heavy atom. The van der Waals surface area contributed by atoms with Gasteiger partial charge in [0.05, 0.1) is 0 Å². The van der Waals surface area contributed by atoms with E-state index in [0.29, 0.717) is 18.8 Å². The first-order valence-electron chi connectivity index (χ1n) is 4.69. The first-order chi connectivity index (χ1) is 5.41. The summed E-state index contributed by atoms with van der Waals surface area (Å²) in [4.78, 5) is 0. The molecule has 72 valence electrons. The maximum atomic E-state index is 12.9. The summed E-state index contributed by atoms with van der Waals surface area (Å²) in [6, 6.07) is 0. The highest BCUT2D eigenvalue weighted by molar-refractivity contribution is 6.20. The first kappa shape index (κ1) is 10.3. The Kier molecular flexibility index (Phi) is 3.03. The summed E-state index contributed by atoms with van der Waals surface area (Å²) in [6.45, 7) is 6.56. The zero-order valence-electron chi connectivity index (χ0n) is 8.11. The van der Waals surface area contributed by atoms with E-state index in [1.54, 1.807) is 0 Å². The summed E-state index contributed by atoms with van der Waals surface area (Å²) in [6.07, 6.45) is 1.53. The third-order valence-corrected chi connectivity index (χ3v) is 3.30. The Balaban J connectivity index is 2.57. The van der Waals surface area contributed by atoms with Crippen LogP contribution in [0.15, 0.2) is 0 Å². The van der Waals surface area contributed by atoms with Crippen LogP contribution in [0.5, 0.6) is 0 Å². The molecule has 0 aromatic carbocycles. The third-order valence-electron chi connectivity index (χ3n) is 2.82. The Morgan fingerprint density at radius 1 is 1.25 bits per heavy atom. The van der Waals surface area contributed by atoms with Crippen molar-refractivity contribution >= 4 is 11.6 Å². The molecule has 0 heterocycles. The molecule has 0 aliphatic heterocycles. The lowest BCUT2D eigenvalue weighted by molar-refractivity contribution is 0.132. The van der Waals surface area contributed by atoms with Crippen molar-refractivity contribution in [3.63, 3.8) is 0 Å². The highest BCUT2D eigenvalue weighted by atomic mass is 35.5. The van der Waals surface area contributed by atoms with Crippen molar-refractivity contribution in [3.05, 3.63) is 0 Å². The molecule has 0 amide bonds. The molecule has 1 aliphatic carbocycles. The molecule has 3 unspecified atom stereocenters. The Morgan fingerprint density at radius 3 is 2.25 bits per heavy atom. The molecule has 0 aromatic rings. The zero-order valence-corrected chi connectivity index (χ0v) is 8.87. The summed E-state index contributed by atoms with van der Waals surface area (Å²) < 4.78 is 12.9. The quantitative estimate of drug-likeness (QED) is 0.513. The summed E-state index contributed by atoms with van der Waals surface area (Å²) >= 11 is 6.12. The Labute approximate surface area is 79.5 Å². The minimum Gasteiger partial charge on any atom is -0.247 e. The fourth-order valence-corrected chi connectivity index (χ4v) is 2.74. The monoisotopic (exact) mass is 192 g/mol. The minimum absolute atomic E-state index is 0.0359. The van der Waals surface area contributed by atoms with Crippen LogP contribution in [0.2, 0.25) is 0 Å². The predicted molar refractivity (Wildman–Crippen MR) is 51.3 cm³/mol. The lowest BCUT2D eigenvalue weighted by atomic mass is 9.72. The van der Waals surface area contributed by atoms with Gasteiger partial charge in [0, 0.05) is 5.38 Å². The molecular weight excluding hydrogens is 175 g/mol. The van der Waals surface area contributed by atoms with Gasteiger partial charge in [-0.15, -0.1) is 11.6 Å². The van der Waals surface area contributed by atoms with Gasteiger partial charge in [0.2, 0.25) is 0 Å². The van der Waals surface area contributed by atoms with Gasteiger partial charge in [-0.2, -0.15) is 0 Å². The van der Waals surface area contributed by atoms with Crippen molar-refractivity contribution in [2.45, 2.75) is 51.6 Å². The summed E-state index contributed by atoms with van der Waals surface area (Å²) in [7, 11) is 0. The lowest BCUT2D eigenvalue weighted by Crippen LogP contribution is -2.35. The van der Waals surface area contributed by atoms with Crippen LogP contribution in [-0.4, -0.2) is 11.5 Å². The smallest absolute Gasteiger partial charge is 0.102 e. The fraction of sp³-hybridized carbons (Fsp3) is 1.00. The topological polar surface area (TPSA) is 0 Å². The maximum absolute atomic E-state index is 12.9. The minimum atomic E-state index is -0.661. The fourth-order valence-electron chi connectivity index (χ4n) is 2.04. The molecule has 1 rings (SSSR count). The van der Waals surface area contributed by atoms with E-state index < -0.39 is 6.17 Å². The summed E-state index contributed by atoms with van der Waals surface area (Å²) in [5, 5.41) is 0.0359. The van der Waals surface area contributed by atoms with Crippen LogP contribution < -0.4 is 0 Å². The van der Waals surface area contributed by atoms with Crippen LogP contribution >= 0.6 is 11.6 Å². The molecule has 0 N–H and O–H groups in total. The molecule has 0 spiro atoms. The van der Waals surface area contributed by atoms with Gasteiger partial charge in [-0.25, -0.2) is 4.39 Å². The molecule has 1 aliphatic rings. The van der Waals surface area contributed by atoms with Gasteiger partial charge < -0.3 is 0 Å². The molecule has 0 aromatic heterocycles. The standard InChI is InChI=1S/C10H18ClF/c1-10(2,3)8-5-4-7(12)6-9(8)11/h7-9H,4-6H2,1-3H3. The van der Waals surface area contributed by atoms with Crippen molar-refractivity contribution in [3.8, 4) is 0 Å². The highest BCUT2D eigenvalue weighted by Gasteiger charge is 2.36. The van der Waals surface area contributed by atoms with Gasteiger partial charge in [-0.1, -0.05) is 20.8 Å². The second-order valence-corrected chi connectivity index (χ2v) is 5.46. The normalized spacial score (nSPS) is 38.2. The van der Waals surface area contributed by atoms with E-state index in [4.69, 9.17) is 11.6 Å². The van der Waals surface area contributed by atoms with Crippen LogP contribution in [0.1, 0.15) is 40.0 Å². The van der Waals surface area contributed by atoms with E-state index in [0.717, 1.165) is 6.42 Å². The van der Waals surface area contributed by atoms with E-state index in [-0.39, 0.29) is 10.8 Å². The van der Waals surface area contributed by atoms with Gasteiger partial charge in [0.1, 0.15) is 6.17 Å². The molecule has 0 radical (unpaired) electrons. The van der Waals surface area contributed by atoms with Crippen molar-refractivity contribution in [1.29, 1.82) is 0 Å². The van der Waals surface area contributed by atoms with Crippen molar-refractivity contribution in [2.75, 3.05) is 0 Å². The van der Waals surface area contributed by atoms with Crippen molar-refractivity contribution in [1.82, 2.24) is 0 Å². The average Bonchev–Trinajstić information content (AvgIpc) is 1.83. The molecule has 12 heavy (non-hydrogen) atoms. The van der Waals surface area contributed by atoms with E-state index >= 15 is 0 Å². The average molecular weight is 193 g/mol. The third kappa shape index (κ3) is 2.35. The molecule has 2 heteroatoms. The number of hydrogen-bond acceptors (Lipinski definition) is 0. The van der Waals surface area contributed by atoms with Crippen LogP contribution in [0, 0.1) is 11.3 Å². The first-order valence-corrected chi connectivity index (χ1v) is 5.13. The van der Waals surface area contributed by atoms with Crippen LogP contribution in [0.3, 0.4) is 0 Å². The van der Waals surface area contributed by atoms with Crippen LogP contribution in [0.25, 0.3) is 0 Å². The lowest BCUT2D eigenvalue weighted by Gasteiger charge is -2.38. The predicted octanol–water partition coefficient (Wildman–Crippen LogP) is 3.78. The SMILES string of the molecule is CC(C)(C)C1CCC(F)CC1Cl. The van der Waals surface area contributed by atoms with E-state index in [9.17, 15) is 4.39 Å². The molecule has 0 saturated heterocycles. The Bertz CT molecular complexity index is 150. The zero-order chi connectivity index (χ0) is 9.35. The van der Waals surface area contributed by atoms with Gasteiger partial charge in [0.15, 0.2) is 0 Å². The summed E-state index contributed by atoms with van der Waals surface area (Å²) in [5.41, 5.74) is 0.229. The van der Waals surface area contributed by atoms with E-state index in [1.807, 2.05) is 0 Å². The maximum Gasteiger partial charge on any atom is 0.102 e. The van der Waals surface area contributed by atoms with Crippen LogP contribution in [0.4, 0.5) is 4.39 Å². The Hall–Kier alpha value is 0.220. The second-order valence-electron chi connectivity index (χ2n) is 4.90. The van der Waals surface area contributed by atoms with Gasteiger partial charge in [-0.3, -0.25) is 0 Å². The van der Waals surface area contributed by atoms with Crippen molar-refractivity contribution in [2.24, 2.45) is 11.3 Å². The number of rotatable bonds is 0. The number of alkyl halides is 2. The second kappa shape index (κ2) is 3.53. The molecule has 1 saturated carbocycles.